The summed E-state index contributed by atoms with van der Waals surface area (Å²) in [7, 11) is 0. The number of pyridine rings is 1. The maximum Gasteiger partial charge on any atom is 3.00 e. The average molecular weight is 625 g/mol. The summed E-state index contributed by atoms with van der Waals surface area (Å²) in [6, 6.07) is 29.0. The molecule has 3 nitrogen and oxygen atoms in total. The van der Waals surface area contributed by atoms with Crippen molar-refractivity contribution in [2.75, 3.05) is 6.54 Å². The zero-order chi connectivity index (χ0) is 22.6. The van der Waals surface area contributed by atoms with E-state index >= 15 is 0 Å². The molecular formula is C29H23FIrN3. The van der Waals surface area contributed by atoms with Gasteiger partial charge in [0.15, 0.2) is 0 Å². The summed E-state index contributed by atoms with van der Waals surface area (Å²) >= 11 is 0. The van der Waals surface area contributed by atoms with Gasteiger partial charge in [-0.15, -0.1) is 29.8 Å². The molecule has 1 unspecified atom stereocenters. The number of aryl methyl sites for hydroxylation is 1. The van der Waals surface area contributed by atoms with Gasteiger partial charge in [-0.1, -0.05) is 36.8 Å². The molecule has 34 heavy (non-hydrogen) atoms. The minimum Gasteiger partial charge on any atom is -0.668 e. The summed E-state index contributed by atoms with van der Waals surface area (Å²) < 4.78 is 13.1. The molecule has 6 rings (SSSR count). The Bertz CT molecular complexity index is 1270. The maximum absolute atomic E-state index is 13.1. The van der Waals surface area contributed by atoms with Crippen molar-refractivity contribution >= 4 is 0 Å². The molecule has 5 heteroatoms. The Morgan fingerprint density at radius 2 is 1.88 bits per heavy atom. The van der Waals surface area contributed by atoms with Gasteiger partial charge in [0.05, 0.1) is 0 Å². The van der Waals surface area contributed by atoms with Crippen molar-refractivity contribution in [2.45, 2.75) is 19.5 Å². The third-order valence-electron chi connectivity index (χ3n) is 5.93. The number of halogens is 1. The number of benzene rings is 3. The number of hydrogen-bond donors (Lipinski definition) is 0. The van der Waals surface area contributed by atoms with Gasteiger partial charge in [0.25, 0.3) is 0 Å². The molecule has 3 heterocycles. The summed E-state index contributed by atoms with van der Waals surface area (Å²) in [5.41, 5.74) is 7.58. The molecule has 0 bridgehead atoms. The Morgan fingerprint density at radius 1 is 1.03 bits per heavy atom. The number of hydrogen-bond acceptors (Lipinski definition) is 2. The zero-order valence-electron chi connectivity index (χ0n) is 18.7. The smallest absolute Gasteiger partial charge is 0.668 e. The summed E-state index contributed by atoms with van der Waals surface area (Å²) in [6.45, 7) is 3.13. The minimum absolute atomic E-state index is 0. The largest absolute Gasteiger partial charge is 3.00 e. The molecular weight excluding hydrogens is 602 g/mol. The molecule has 2 aliphatic rings. The van der Waals surface area contributed by atoms with E-state index in [9.17, 15) is 4.39 Å². The summed E-state index contributed by atoms with van der Waals surface area (Å²) in [5, 5.41) is 4.41. The molecule has 0 saturated heterocycles. The van der Waals surface area contributed by atoms with Crippen LogP contribution in [0.2, 0.25) is 0 Å². The van der Waals surface area contributed by atoms with Gasteiger partial charge in [-0.3, -0.25) is 4.39 Å². The van der Waals surface area contributed by atoms with Crippen LogP contribution in [0.25, 0.3) is 27.7 Å². The quantitative estimate of drug-likeness (QED) is 0.228. The van der Waals surface area contributed by atoms with E-state index in [0.717, 1.165) is 40.9 Å². The Labute approximate surface area is 213 Å². The van der Waals surface area contributed by atoms with Gasteiger partial charge in [0.1, 0.15) is 0 Å². The molecule has 0 amide bonds. The average Bonchev–Trinajstić information content (AvgIpc) is 3.35. The third kappa shape index (κ3) is 4.96. The minimum atomic E-state index is -0.289. The van der Waals surface area contributed by atoms with Crippen LogP contribution in [0.5, 0.6) is 0 Å². The Kier molecular flexibility index (Phi) is 7.56. The number of aromatic nitrogens is 1. The monoisotopic (exact) mass is 625 g/mol. The van der Waals surface area contributed by atoms with E-state index in [4.69, 9.17) is 0 Å². The van der Waals surface area contributed by atoms with Gasteiger partial charge >= 0.3 is 20.1 Å². The van der Waals surface area contributed by atoms with Crippen molar-refractivity contribution in [1.82, 2.24) is 9.88 Å². The number of fused-ring (bicyclic) bond motifs is 3. The number of nitrogens with zero attached hydrogens (tertiary/aromatic N) is 3. The second-order valence-electron chi connectivity index (χ2n) is 8.06. The molecule has 3 aromatic carbocycles. The van der Waals surface area contributed by atoms with E-state index in [1.54, 1.807) is 12.3 Å². The van der Waals surface area contributed by atoms with Crippen molar-refractivity contribution in [1.29, 1.82) is 0 Å². The van der Waals surface area contributed by atoms with Gasteiger partial charge in [-0.25, -0.2) is 0 Å². The molecule has 0 aliphatic carbocycles. The van der Waals surface area contributed by atoms with Crippen LogP contribution in [0.1, 0.15) is 22.9 Å². The fourth-order valence-corrected chi connectivity index (χ4v) is 4.29. The van der Waals surface area contributed by atoms with Crippen LogP contribution in [0.4, 0.5) is 4.39 Å². The first kappa shape index (κ1) is 23.9. The fraction of sp³-hybridized carbons (Fsp3) is 0.138. The third-order valence-corrected chi connectivity index (χ3v) is 5.93. The molecule has 0 radical (unpaired) electrons. The van der Waals surface area contributed by atoms with Crippen molar-refractivity contribution in [2.24, 2.45) is 0 Å². The zero-order valence-corrected chi connectivity index (χ0v) is 21.1. The van der Waals surface area contributed by atoms with Crippen molar-refractivity contribution in [3.63, 3.8) is 0 Å². The molecule has 4 aromatic rings. The molecule has 2 aliphatic heterocycles. The van der Waals surface area contributed by atoms with Crippen LogP contribution in [0, 0.1) is 24.9 Å². The fourth-order valence-electron chi connectivity index (χ4n) is 4.29. The van der Waals surface area contributed by atoms with E-state index in [0.29, 0.717) is 0 Å². The van der Waals surface area contributed by atoms with Gasteiger partial charge in [0.2, 0.25) is 0 Å². The van der Waals surface area contributed by atoms with E-state index in [1.807, 2.05) is 36.5 Å². The molecule has 1 atom stereocenters. The van der Waals surface area contributed by atoms with Crippen LogP contribution in [0.3, 0.4) is 0 Å². The predicted octanol–water partition coefficient (Wildman–Crippen LogP) is 6.86. The Hall–Kier alpha value is -3.27. The summed E-state index contributed by atoms with van der Waals surface area (Å²) in [6.07, 6.45) is 7.05. The van der Waals surface area contributed by atoms with E-state index < -0.39 is 0 Å². The van der Waals surface area contributed by atoms with Crippen molar-refractivity contribution < 1.29 is 24.5 Å². The Balaban J connectivity index is 0.000000169. The molecule has 0 saturated carbocycles. The molecule has 0 spiro atoms. The molecule has 170 valence electrons. The van der Waals surface area contributed by atoms with Gasteiger partial charge in [-0.05, 0) is 47.7 Å². The first-order chi connectivity index (χ1) is 16.2. The van der Waals surface area contributed by atoms with Crippen LogP contribution < -0.4 is 0 Å². The second-order valence-corrected chi connectivity index (χ2v) is 8.06. The van der Waals surface area contributed by atoms with Crippen LogP contribution in [0.15, 0.2) is 91.4 Å². The van der Waals surface area contributed by atoms with Crippen LogP contribution in [-0.2, 0) is 26.5 Å². The van der Waals surface area contributed by atoms with E-state index in [-0.39, 0.29) is 32.1 Å². The first-order valence-corrected chi connectivity index (χ1v) is 11.0. The second kappa shape index (κ2) is 10.8. The normalized spacial score (nSPS) is 15.2. The Morgan fingerprint density at radius 3 is 2.68 bits per heavy atom. The van der Waals surface area contributed by atoms with Crippen molar-refractivity contribution in [3.8, 4) is 22.4 Å². The predicted molar refractivity (Wildman–Crippen MR) is 130 cm³/mol. The topological polar surface area (TPSA) is 30.2 Å². The summed E-state index contributed by atoms with van der Waals surface area (Å²) in [5.74, 6) is -0.289. The summed E-state index contributed by atoms with van der Waals surface area (Å²) in [4.78, 5) is 6.72. The van der Waals surface area contributed by atoms with Gasteiger partial charge in [-0.2, -0.15) is 41.6 Å². The van der Waals surface area contributed by atoms with Crippen LogP contribution in [-0.4, -0.2) is 16.4 Å². The SMILES string of the molecule is Cc1ccnc(-c2[c-]cc(F)cc2)c1-c1ccccc1.[Ir+3].[c-]1cccc2c1C1[N-]C=CN1CC2. The standard InChI is InChI=1S/C18H13FN.C11H10N2.Ir/c1-13-11-12-20-18(15-7-9-16(19)10-8-15)17(13)14-5-3-2-4-6-14;1-2-4-10-9(3-1)5-7-13-8-6-12-11(10)13;/h2-7,9-12H,1H3;1-3,6,8,11H,5,7H2;/q-1;-2;+3. The molecule has 0 fully saturated rings. The van der Waals surface area contributed by atoms with E-state index in [1.165, 1.54) is 23.3 Å². The van der Waals surface area contributed by atoms with Gasteiger partial charge < -0.3 is 15.2 Å². The van der Waals surface area contributed by atoms with Crippen LogP contribution >= 0.6 is 0 Å². The molecule has 1 aromatic heterocycles. The number of rotatable bonds is 2. The molecule has 0 N–H and O–H groups in total. The van der Waals surface area contributed by atoms with E-state index in [2.05, 4.69) is 64.7 Å². The first-order valence-electron chi connectivity index (χ1n) is 11.0. The maximum atomic E-state index is 13.1. The van der Waals surface area contributed by atoms with Gasteiger partial charge in [0, 0.05) is 18.6 Å². The van der Waals surface area contributed by atoms with Crippen molar-refractivity contribution in [3.05, 3.63) is 131 Å².